The van der Waals surface area contributed by atoms with Crippen molar-refractivity contribution < 1.29 is 23.6 Å². The van der Waals surface area contributed by atoms with E-state index in [0.717, 1.165) is 24.8 Å². The molecule has 6 rings (SSSR count). The minimum Gasteiger partial charge on any atom is -0.598 e. The van der Waals surface area contributed by atoms with Crippen LogP contribution in [0.2, 0.25) is 0 Å². The standard InChI is InChI=1S/C38H47N7O5S2/c1-8-50-35(46)31-33(45-19-16-38(17-20-45)22-25-11-9-10-12-28(25)32(38)44-52(47)37(3,4)5)41-24(2)34(43-31)51-30-15-18-39-36(42-30)40-23-26-13-14-27(48-6)21-29(26)49-7/h9-15,18,21,32,44H,8,16-17,19-20,22-23H2,1-7H3,(H,39,40,42)/t32-,52+/m1/s1. The van der Waals surface area contributed by atoms with Gasteiger partial charge in [-0.3, -0.25) is 0 Å². The molecule has 1 fully saturated rings. The van der Waals surface area contributed by atoms with Crippen molar-refractivity contribution in [3.8, 4) is 11.5 Å². The SMILES string of the molecule is CCOC(=O)c1nc(Sc2ccnc(NCc3ccc(OC)cc3OC)n2)c(C)nc1N1CCC2(CC1)Cc1ccccc1[C@H]2N[S@@+]([O-])C(C)(C)C. The first kappa shape index (κ1) is 37.6. The van der Waals surface area contributed by atoms with Gasteiger partial charge in [0.2, 0.25) is 5.95 Å². The Balaban J connectivity index is 1.21. The molecule has 2 aromatic heterocycles. The van der Waals surface area contributed by atoms with Crippen LogP contribution in [0.25, 0.3) is 0 Å². The van der Waals surface area contributed by atoms with Crippen LogP contribution in [0.4, 0.5) is 11.8 Å². The van der Waals surface area contributed by atoms with Gasteiger partial charge in [0.15, 0.2) is 11.5 Å². The Hall–Kier alpha value is -4.11. The van der Waals surface area contributed by atoms with E-state index in [1.807, 2.05) is 45.9 Å². The average Bonchev–Trinajstić information content (AvgIpc) is 3.43. The summed E-state index contributed by atoms with van der Waals surface area (Å²) >= 11 is 0.0862. The molecule has 2 atom stereocenters. The quantitative estimate of drug-likeness (QED) is 0.0929. The number of fused-ring (bicyclic) bond motifs is 1. The number of hydrogen-bond acceptors (Lipinski definition) is 13. The molecule has 276 valence electrons. The molecule has 2 aromatic carbocycles. The number of nitrogens with one attached hydrogen (secondary N) is 2. The van der Waals surface area contributed by atoms with E-state index >= 15 is 0 Å². The average molecular weight is 746 g/mol. The summed E-state index contributed by atoms with van der Waals surface area (Å²) in [5.41, 5.74) is 4.20. The Morgan fingerprint density at radius 1 is 1.08 bits per heavy atom. The van der Waals surface area contributed by atoms with Crippen molar-refractivity contribution in [3.05, 3.63) is 82.8 Å². The zero-order valence-electron chi connectivity index (χ0n) is 30.8. The second kappa shape index (κ2) is 15.9. The number of anilines is 2. The van der Waals surface area contributed by atoms with E-state index in [2.05, 4.69) is 44.2 Å². The van der Waals surface area contributed by atoms with Crippen molar-refractivity contribution >= 4 is 40.9 Å². The molecule has 12 nitrogen and oxygen atoms in total. The van der Waals surface area contributed by atoms with Crippen molar-refractivity contribution in [3.63, 3.8) is 0 Å². The van der Waals surface area contributed by atoms with E-state index in [0.29, 0.717) is 58.6 Å². The van der Waals surface area contributed by atoms with E-state index in [-0.39, 0.29) is 23.8 Å². The maximum absolute atomic E-state index is 13.4. The predicted molar refractivity (Wildman–Crippen MR) is 204 cm³/mol. The maximum Gasteiger partial charge on any atom is 0.360 e. The summed E-state index contributed by atoms with van der Waals surface area (Å²) in [6.45, 7) is 11.7. The minimum absolute atomic E-state index is 0.0347. The van der Waals surface area contributed by atoms with Crippen LogP contribution in [0.3, 0.4) is 0 Å². The number of carbonyl (C=O) groups is 1. The van der Waals surface area contributed by atoms with Crippen LogP contribution in [0.1, 0.15) is 79.5 Å². The maximum atomic E-state index is 13.4. The van der Waals surface area contributed by atoms with Gasteiger partial charge in [-0.25, -0.2) is 24.7 Å². The first-order valence-electron chi connectivity index (χ1n) is 17.5. The lowest BCUT2D eigenvalue weighted by Crippen LogP contribution is -2.50. The summed E-state index contributed by atoms with van der Waals surface area (Å²) < 4.78 is 32.8. The van der Waals surface area contributed by atoms with Crippen LogP contribution in [0.5, 0.6) is 11.5 Å². The van der Waals surface area contributed by atoms with Crippen molar-refractivity contribution in [2.75, 3.05) is 44.1 Å². The van der Waals surface area contributed by atoms with Gasteiger partial charge in [0.05, 0.1) is 32.6 Å². The second-order valence-corrected chi connectivity index (χ2v) is 17.0. The van der Waals surface area contributed by atoms with E-state index in [1.54, 1.807) is 33.4 Å². The largest absolute Gasteiger partial charge is 0.598 e. The molecule has 0 bridgehead atoms. The Morgan fingerprint density at radius 2 is 1.85 bits per heavy atom. The summed E-state index contributed by atoms with van der Waals surface area (Å²) in [4.78, 5) is 34.4. The molecular weight excluding hydrogens is 699 g/mol. The van der Waals surface area contributed by atoms with Gasteiger partial charge in [-0.1, -0.05) is 24.3 Å². The van der Waals surface area contributed by atoms with Gasteiger partial charge in [0.25, 0.3) is 0 Å². The van der Waals surface area contributed by atoms with Gasteiger partial charge in [0.1, 0.15) is 26.3 Å². The van der Waals surface area contributed by atoms with E-state index < -0.39 is 22.1 Å². The van der Waals surface area contributed by atoms with Crippen molar-refractivity contribution in [1.82, 2.24) is 24.7 Å². The first-order chi connectivity index (χ1) is 24.9. The number of benzene rings is 2. The molecule has 4 aromatic rings. The molecule has 1 saturated heterocycles. The lowest BCUT2D eigenvalue weighted by molar-refractivity contribution is 0.0518. The molecule has 0 saturated carbocycles. The van der Waals surface area contributed by atoms with Gasteiger partial charge >= 0.3 is 5.97 Å². The number of aromatic nitrogens is 4. The fourth-order valence-electron chi connectivity index (χ4n) is 6.79. The van der Waals surface area contributed by atoms with Crippen LogP contribution in [-0.4, -0.2) is 69.1 Å². The van der Waals surface area contributed by atoms with Gasteiger partial charge in [0, 0.05) is 54.2 Å². The summed E-state index contributed by atoms with van der Waals surface area (Å²) in [7, 11) is 3.23. The highest BCUT2D eigenvalue weighted by Crippen LogP contribution is 2.53. The molecule has 14 heteroatoms. The number of carbonyl (C=O) groups excluding carboxylic acids is 1. The van der Waals surface area contributed by atoms with Crippen molar-refractivity contribution in [1.29, 1.82) is 0 Å². The van der Waals surface area contributed by atoms with Crippen LogP contribution >= 0.6 is 11.8 Å². The fourth-order valence-corrected chi connectivity index (χ4v) is 8.52. The van der Waals surface area contributed by atoms with Gasteiger partial charge in [-0.2, -0.15) is 0 Å². The Labute approximate surface area is 313 Å². The number of methoxy groups -OCH3 is 2. The van der Waals surface area contributed by atoms with Crippen LogP contribution in [-0.2, 0) is 29.1 Å². The van der Waals surface area contributed by atoms with Crippen LogP contribution in [0.15, 0.2) is 64.8 Å². The van der Waals surface area contributed by atoms with Crippen LogP contribution in [0, 0.1) is 12.3 Å². The highest BCUT2D eigenvalue weighted by molar-refractivity contribution is 7.99. The smallest absolute Gasteiger partial charge is 0.360 e. The molecule has 1 aliphatic carbocycles. The Kier molecular flexibility index (Phi) is 11.5. The number of nitrogens with zero attached hydrogens (tertiary/aromatic N) is 5. The number of rotatable bonds is 12. The summed E-state index contributed by atoms with van der Waals surface area (Å²) in [5.74, 6) is 1.85. The topological polar surface area (TPSA) is 147 Å². The molecular formula is C38H47N7O5S2. The summed E-state index contributed by atoms with van der Waals surface area (Å²) in [6.07, 6.45) is 4.25. The number of piperidine rings is 1. The summed E-state index contributed by atoms with van der Waals surface area (Å²) in [5, 5.41) is 4.47. The molecule has 2 N–H and O–H groups in total. The normalized spacial score (nSPS) is 17.1. The lowest BCUT2D eigenvalue weighted by atomic mass is 9.73. The number of ether oxygens (including phenoxy) is 3. The zero-order valence-corrected chi connectivity index (χ0v) is 32.5. The minimum atomic E-state index is -1.23. The Morgan fingerprint density at radius 3 is 2.56 bits per heavy atom. The number of hydrogen-bond donors (Lipinski definition) is 2. The van der Waals surface area contributed by atoms with E-state index in [9.17, 15) is 9.35 Å². The molecule has 2 aliphatic rings. The highest BCUT2D eigenvalue weighted by atomic mass is 32.2. The Bertz CT molecular complexity index is 1900. The molecule has 52 heavy (non-hydrogen) atoms. The van der Waals surface area contributed by atoms with Crippen molar-refractivity contribution in [2.24, 2.45) is 5.41 Å². The predicted octanol–water partition coefficient (Wildman–Crippen LogP) is 6.47. The van der Waals surface area contributed by atoms with E-state index in [4.69, 9.17) is 29.2 Å². The third-order valence-electron chi connectivity index (χ3n) is 9.60. The number of aryl methyl sites for hydroxylation is 1. The van der Waals surface area contributed by atoms with Crippen LogP contribution < -0.4 is 24.4 Å². The number of esters is 1. The van der Waals surface area contributed by atoms with Gasteiger partial charge < -0.3 is 29.0 Å². The second-order valence-electron chi connectivity index (χ2n) is 14.0. The zero-order chi connectivity index (χ0) is 37.0. The third-order valence-corrected chi connectivity index (χ3v) is 12.2. The molecule has 1 aliphatic heterocycles. The highest BCUT2D eigenvalue weighted by Gasteiger charge is 2.50. The molecule has 3 heterocycles. The monoisotopic (exact) mass is 745 g/mol. The van der Waals surface area contributed by atoms with Gasteiger partial charge in [-0.15, -0.1) is 4.72 Å². The molecule has 0 amide bonds. The fraction of sp³-hybridized carbons (Fsp3) is 0.447. The van der Waals surface area contributed by atoms with E-state index in [1.165, 1.54) is 22.9 Å². The van der Waals surface area contributed by atoms with Crippen molar-refractivity contribution in [2.45, 2.75) is 81.3 Å². The summed E-state index contributed by atoms with van der Waals surface area (Å²) in [6, 6.07) is 15.9. The van der Waals surface area contributed by atoms with Gasteiger partial charge in [-0.05, 0) is 95.0 Å². The molecule has 0 unspecified atom stereocenters. The first-order valence-corrected chi connectivity index (χ1v) is 19.4. The molecule has 1 spiro atoms. The third kappa shape index (κ3) is 8.09. The molecule has 0 radical (unpaired) electrons. The lowest BCUT2D eigenvalue weighted by Gasteiger charge is -2.44.